The highest BCUT2D eigenvalue weighted by Gasteiger charge is 2.70. The summed E-state index contributed by atoms with van der Waals surface area (Å²) in [7, 11) is -2.91. The molecule has 3 fully saturated rings. The molecule has 0 spiro atoms. The second-order valence-electron chi connectivity index (χ2n) is 8.05. The summed E-state index contributed by atoms with van der Waals surface area (Å²) in [6.45, 7) is -0.0949. The van der Waals surface area contributed by atoms with Crippen molar-refractivity contribution in [2.75, 3.05) is 24.5 Å². The Morgan fingerprint density at radius 3 is 2.77 bits per heavy atom. The summed E-state index contributed by atoms with van der Waals surface area (Å²) in [5, 5.41) is 11.5. The number of halogens is 3. The molecule has 7 nitrogen and oxygen atoms in total. The van der Waals surface area contributed by atoms with E-state index in [1.54, 1.807) is 0 Å². The van der Waals surface area contributed by atoms with Gasteiger partial charge in [-0.1, -0.05) is 0 Å². The molecule has 4 rings (SSSR count). The van der Waals surface area contributed by atoms with Crippen LogP contribution in [0.1, 0.15) is 30.4 Å². The summed E-state index contributed by atoms with van der Waals surface area (Å²) in [5.74, 6) is -0.349. The maximum Gasteiger partial charge on any atom is 0.417 e. The number of hydrogen-bond donors (Lipinski definition) is 1. The van der Waals surface area contributed by atoms with E-state index >= 15 is 0 Å². The number of rotatable bonds is 3. The largest absolute Gasteiger partial charge is 0.453 e. The third-order valence-corrected chi connectivity index (χ3v) is 9.59. The van der Waals surface area contributed by atoms with E-state index in [0.717, 1.165) is 29.3 Å². The van der Waals surface area contributed by atoms with E-state index in [1.807, 2.05) is 0 Å². The number of hydrogen-bond acceptors (Lipinski definition) is 5. The smallest absolute Gasteiger partial charge is 0.417 e. The molecule has 4 atom stereocenters. The molecule has 162 valence electrons. The van der Waals surface area contributed by atoms with Crippen molar-refractivity contribution in [3.8, 4) is 6.07 Å². The fourth-order valence-electron chi connectivity index (χ4n) is 5.63. The molecule has 1 aromatic rings. The van der Waals surface area contributed by atoms with E-state index in [0.29, 0.717) is 6.42 Å². The third kappa shape index (κ3) is 2.76. The molecule has 1 saturated heterocycles. The Kier molecular flexibility index (Phi) is 4.69. The van der Waals surface area contributed by atoms with Gasteiger partial charge in [0.1, 0.15) is 4.75 Å². The summed E-state index contributed by atoms with van der Waals surface area (Å²) in [6, 6.07) is 4.45. The maximum atomic E-state index is 13.7. The predicted octanol–water partition coefficient (Wildman–Crippen LogP) is 2.87. The van der Waals surface area contributed by atoms with Gasteiger partial charge in [0.05, 0.1) is 30.0 Å². The Labute approximate surface area is 171 Å². The third-order valence-electron chi connectivity index (χ3n) is 6.91. The first-order valence-corrected chi connectivity index (χ1v) is 11.0. The molecule has 1 N–H and O–H groups in total. The molecule has 11 heteroatoms. The number of carbonyl (C=O) groups excluding carboxylic acids is 1. The molecule has 1 amide bonds. The van der Waals surface area contributed by atoms with Gasteiger partial charge in [-0.05, 0) is 49.3 Å². The van der Waals surface area contributed by atoms with Crippen molar-refractivity contribution in [2.24, 2.45) is 17.8 Å². The minimum Gasteiger partial charge on any atom is -0.453 e. The highest BCUT2D eigenvalue weighted by molar-refractivity contribution is 7.94. The number of alkyl carbamates (subject to hydrolysis) is 1. The van der Waals surface area contributed by atoms with Crippen LogP contribution in [0.5, 0.6) is 0 Å². The van der Waals surface area contributed by atoms with Crippen molar-refractivity contribution < 1.29 is 31.1 Å². The van der Waals surface area contributed by atoms with E-state index in [9.17, 15) is 26.4 Å². The lowest BCUT2D eigenvalue weighted by atomic mass is 9.78. The van der Waals surface area contributed by atoms with Crippen LogP contribution in [-0.4, -0.2) is 39.5 Å². The van der Waals surface area contributed by atoms with Crippen LogP contribution in [0.15, 0.2) is 18.2 Å². The van der Waals surface area contributed by atoms with Gasteiger partial charge < -0.3 is 10.1 Å². The minimum absolute atomic E-state index is 0.0511. The number of methoxy groups -OCH3 is 1. The number of amides is 1. The Balaban J connectivity index is 1.78. The Hall–Kier alpha value is -2.48. The molecule has 0 aromatic heterocycles. The van der Waals surface area contributed by atoms with Crippen molar-refractivity contribution in [1.29, 1.82) is 5.26 Å². The van der Waals surface area contributed by atoms with Crippen LogP contribution < -0.4 is 9.62 Å². The van der Waals surface area contributed by atoms with Crippen LogP contribution >= 0.6 is 0 Å². The van der Waals surface area contributed by atoms with Crippen molar-refractivity contribution in [3.63, 3.8) is 0 Å². The zero-order valence-corrected chi connectivity index (χ0v) is 16.9. The van der Waals surface area contributed by atoms with Gasteiger partial charge in [-0.25, -0.2) is 13.2 Å². The number of nitriles is 1. The predicted molar refractivity (Wildman–Crippen MR) is 99.9 cm³/mol. The fraction of sp³-hybridized carbons (Fsp3) is 0.579. The van der Waals surface area contributed by atoms with Crippen LogP contribution in [0.25, 0.3) is 0 Å². The molecule has 0 radical (unpaired) electrons. The van der Waals surface area contributed by atoms with Crippen molar-refractivity contribution in [1.82, 2.24) is 5.32 Å². The first kappa shape index (κ1) is 20.8. The second kappa shape index (κ2) is 6.77. The Bertz CT molecular complexity index is 1040. The van der Waals surface area contributed by atoms with E-state index in [-0.39, 0.29) is 36.5 Å². The molecular formula is C19H20F3N3O4S. The fourth-order valence-corrected chi connectivity index (χ4v) is 8.33. The lowest BCUT2D eigenvalue weighted by Gasteiger charge is -2.37. The van der Waals surface area contributed by atoms with Crippen molar-refractivity contribution in [3.05, 3.63) is 29.3 Å². The van der Waals surface area contributed by atoms with Crippen LogP contribution in [0.2, 0.25) is 0 Å². The molecule has 1 aromatic carbocycles. The van der Waals surface area contributed by atoms with Crippen molar-refractivity contribution in [2.45, 2.75) is 30.2 Å². The van der Waals surface area contributed by atoms with Gasteiger partial charge >= 0.3 is 12.3 Å². The first-order chi connectivity index (χ1) is 14.1. The number of sulfonamides is 1. The van der Waals surface area contributed by atoms with Gasteiger partial charge in [-0.15, -0.1) is 0 Å². The molecule has 2 aliphatic carbocycles. The summed E-state index contributed by atoms with van der Waals surface area (Å²) in [5.41, 5.74) is -1.85. The van der Waals surface area contributed by atoms with Gasteiger partial charge in [0, 0.05) is 19.0 Å². The van der Waals surface area contributed by atoms with Crippen molar-refractivity contribution >= 4 is 21.8 Å². The number of nitrogens with one attached hydrogen (secondary N) is 1. The van der Waals surface area contributed by atoms with E-state index in [4.69, 9.17) is 5.26 Å². The molecule has 2 saturated carbocycles. The number of nitrogens with zero attached hydrogens (tertiary/aromatic N) is 2. The summed E-state index contributed by atoms with van der Waals surface area (Å²) < 4.78 is 71.9. The first-order valence-electron chi connectivity index (χ1n) is 9.51. The van der Waals surface area contributed by atoms with Gasteiger partial charge in [0.25, 0.3) is 0 Å². The molecule has 2 bridgehead atoms. The normalized spacial score (nSPS) is 31.3. The number of carbonyl (C=O) groups is 1. The van der Waals surface area contributed by atoms with Gasteiger partial charge in [0.2, 0.25) is 10.0 Å². The molecular weight excluding hydrogens is 423 g/mol. The van der Waals surface area contributed by atoms with Crippen LogP contribution in [0.4, 0.5) is 23.7 Å². The van der Waals surface area contributed by atoms with E-state index < -0.39 is 38.2 Å². The number of alkyl halides is 3. The lowest BCUT2D eigenvalue weighted by molar-refractivity contribution is -0.137. The molecule has 3 aliphatic rings. The zero-order valence-electron chi connectivity index (χ0n) is 16.1. The lowest BCUT2D eigenvalue weighted by Crippen LogP contribution is -2.55. The zero-order chi connectivity index (χ0) is 21.9. The Morgan fingerprint density at radius 1 is 1.40 bits per heavy atom. The molecule has 30 heavy (non-hydrogen) atoms. The number of ether oxygens (including phenoxy) is 1. The van der Waals surface area contributed by atoms with Gasteiger partial charge in [-0.2, -0.15) is 18.4 Å². The highest BCUT2D eigenvalue weighted by Crippen LogP contribution is 2.62. The topological polar surface area (TPSA) is 99.5 Å². The maximum absolute atomic E-state index is 13.7. The minimum atomic E-state index is -4.79. The average molecular weight is 443 g/mol. The number of fused-ring (bicyclic) bond motifs is 5. The highest BCUT2D eigenvalue weighted by atomic mass is 32.2. The van der Waals surface area contributed by atoms with E-state index in [1.165, 1.54) is 19.2 Å². The SMILES string of the molecule is COC(=O)NC[C@@]12[C@H]3CC[C@H](C3)[C@@H]1CN(c1ccc(C#N)c(C(F)(F)F)c1)S2(=O)=O. The van der Waals surface area contributed by atoms with Crippen LogP contribution in [-0.2, 0) is 20.9 Å². The van der Waals surface area contributed by atoms with Crippen LogP contribution in [0.3, 0.4) is 0 Å². The summed E-state index contributed by atoms with van der Waals surface area (Å²) in [4.78, 5) is 11.7. The second-order valence-corrected chi connectivity index (χ2v) is 10.2. The quantitative estimate of drug-likeness (QED) is 0.775. The number of benzene rings is 1. The van der Waals surface area contributed by atoms with Crippen LogP contribution in [0, 0.1) is 29.1 Å². The Morgan fingerprint density at radius 2 is 2.13 bits per heavy atom. The molecule has 0 unspecified atom stereocenters. The average Bonchev–Trinajstić information content (AvgIpc) is 3.35. The monoisotopic (exact) mass is 443 g/mol. The summed E-state index contributed by atoms with van der Waals surface area (Å²) >= 11 is 0. The van der Waals surface area contributed by atoms with Gasteiger partial charge in [-0.3, -0.25) is 4.31 Å². The van der Waals surface area contributed by atoms with Gasteiger partial charge in [0.15, 0.2) is 0 Å². The number of anilines is 1. The summed E-state index contributed by atoms with van der Waals surface area (Å²) in [6.07, 6.45) is -3.26. The van der Waals surface area contributed by atoms with E-state index in [2.05, 4.69) is 10.1 Å². The standard InChI is InChI=1S/C19H20F3N3O4S/c1-29-17(26)24-10-18-13-4-2-11(6-13)16(18)9-25(30(18,27)28)14-5-3-12(8-23)15(7-14)19(20,21)22/h3,5,7,11,13,16H,2,4,6,9-10H2,1H3,(H,24,26)/t11-,13+,16+,18-/m1/s1. The molecule has 1 aliphatic heterocycles. The molecule has 1 heterocycles.